The van der Waals surface area contributed by atoms with Crippen molar-refractivity contribution in [2.75, 3.05) is 11.4 Å². The lowest BCUT2D eigenvalue weighted by Crippen LogP contribution is -2.35. The van der Waals surface area contributed by atoms with Gasteiger partial charge in [0.05, 0.1) is 17.1 Å². The van der Waals surface area contributed by atoms with E-state index in [9.17, 15) is 4.79 Å². The number of unbranched alkanes of at least 4 members (excludes halogenated alkanes) is 1. The minimum atomic E-state index is 0.180. The van der Waals surface area contributed by atoms with Crippen molar-refractivity contribution in [1.29, 1.82) is 10.8 Å². The van der Waals surface area contributed by atoms with Crippen molar-refractivity contribution in [3.8, 4) is 11.8 Å². The third-order valence-corrected chi connectivity index (χ3v) is 7.04. The van der Waals surface area contributed by atoms with E-state index in [4.69, 9.17) is 27.4 Å². The van der Waals surface area contributed by atoms with Crippen LogP contribution in [-0.4, -0.2) is 35.2 Å². The number of carbonyl (C=O) groups is 1. The first-order valence-corrected chi connectivity index (χ1v) is 12.4. The Morgan fingerprint density at radius 2 is 2.00 bits per heavy atom. The Hall–Kier alpha value is -3.60. The maximum atomic E-state index is 10.5. The van der Waals surface area contributed by atoms with Gasteiger partial charge in [0.1, 0.15) is 28.7 Å². The monoisotopic (exact) mass is 501 g/mol. The quantitative estimate of drug-likeness (QED) is 0.155. The number of anilines is 1. The number of aliphatic imine (C=N–C) groups is 1. The van der Waals surface area contributed by atoms with Gasteiger partial charge in [-0.3, -0.25) is 20.7 Å². The van der Waals surface area contributed by atoms with Crippen LogP contribution in [0.5, 0.6) is 0 Å². The van der Waals surface area contributed by atoms with E-state index >= 15 is 0 Å². The Labute approximate surface area is 213 Å². The van der Waals surface area contributed by atoms with Gasteiger partial charge in [-0.15, -0.1) is 11.3 Å². The number of aryl methyl sites for hydroxylation is 1. The summed E-state index contributed by atoms with van der Waals surface area (Å²) in [7, 11) is 0. The van der Waals surface area contributed by atoms with Crippen LogP contribution in [0.3, 0.4) is 0 Å². The molecule has 2 N–H and O–H groups in total. The van der Waals surface area contributed by atoms with Crippen LogP contribution < -0.4 is 4.90 Å². The molecule has 6 nitrogen and oxygen atoms in total. The highest BCUT2D eigenvalue weighted by atomic mass is 35.5. The molecule has 0 spiro atoms. The molecule has 176 valence electrons. The lowest BCUT2D eigenvalue weighted by molar-refractivity contribution is -0.107. The normalized spacial score (nSPS) is 12.8. The SMILES string of the molecule is CC(=N)N1C(=N)CN=C(c2ccc(Cl)cc2)c2c1sc(C#Cc1ccc(CCCC=O)cn1)c2C. The fourth-order valence-electron chi connectivity index (χ4n) is 3.83. The summed E-state index contributed by atoms with van der Waals surface area (Å²) in [6, 6.07) is 11.4. The van der Waals surface area contributed by atoms with Gasteiger partial charge in [-0.1, -0.05) is 29.8 Å². The van der Waals surface area contributed by atoms with E-state index < -0.39 is 0 Å². The minimum absolute atomic E-state index is 0.180. The second-order valence-corrected chi connectivity index (χ2v) is 9.57. The van der Waals surface area contributed by atoms with Crippen LogP contribution in [0.15, 0.2) is 47.6 Å². The van der Waals surface area contributed by atoms with Gasteiger partial charge in [0.2, 0.25) is 0 Å². The summed E-state index contributed by atoms with van der Waals surface area (Å²) in [5.74, 6) is 6.90. The summed E-state index contributed by atoms with van der Waals surface area (Å²) in [6.07, 6.45) is 4.91. The topological polar surface area (TPSA) is 93.3 Å². The van der Waals surface area contributed by atoms with Gasteiger partial charge in [-0.2, -0.15) is 0 Å². The van der Waals surface area contributed by atoms with Crippen molar-refractivity contribution >= 4 is 51.6 Å². The molecule has 0 saturated carbocycles. The molecular formula is C27H24ClN5OS. The van der Waals surface area contributed by atoms with Crippen LogP contribution in [0.2, 0.25) is 5.02 Å². The number of nitrogens with one attached hydrogen (secondary N) is 2. The van der Waals surface area contributed by atoms with Crippen LogP contribution in [0, 0.1) is 29.6 Å². The second-order valence-electron chi connectivity index (χ2n) is 8.14. The van der Waals surface area contributed by atoms with Crippen molar-refractivity contribution in [1.82, 2.24) is 4.98 Å². The molecule has 1 aliphatic rings. The van der Waals surface area contributed by atoms with E-state index in [2.05, 4.69) is 16.8 Å². The van der Waals surface area contributed by atoms with Crippen LogP contribution in [0.1, 0.15) is 52.6 Å². The summed E-state index contributed by atoms with van der Waals surface area (Å²) in [5.41, 5.74) is 5.25. The molecule has 0 aliphatic carbocycles. The maximum absolute atomic E-state index is 10.5. The summed E-state index contributed by atoms with van der Waals surface area (Å²) in [4.78, 5) is 22.2. The molecule has 4 rings (SSSR count). The maximum Gasteiger partial charge on any atom is 0.129 e. The molecule has 0 radical (unpaired) electrons. The fourth-order valence-corrected chi connectivity index (χ4v) is 5.20. The average molecular weight is 502 g/mol. The van der Waals surface area contributed by atoms with Gasteiger partial charge in [0.25, 0.3) is 0 Å². The molecule has 1 aliphatic heterocycles. The van der Waals surface area contributed by atoms with Crippen molar-refractivity contribution in [3.05, 3.63) is 80.4 Å². The number of halogens is 1. The van der Waals surface area contributed by atoms with Crippen LogP contribution in [0.4, 0.5) is 5.00 Å². The van der Waals surface area contributed by atoms with E-state index in [1.54, 1.807) is 18.0 Å². The number of aromatic nitrogens is 1. The number of carbonyl (C=O) groups excluding carboxylic acids is 1. The first kappa shape index (κ1) is 24.5. The van der Waals surface area contributed by atoms with Gasteiger partial charge < -0.3 is 4.79 Å². The van der Waals surface area contributed by atoms with Crippen molar-refractivity contribution in [3.63, 3.8) is 0 Å². The molecule has 0 saturated heterocycles. The highest BCUT2D eigenvalue weighted by molar-refractivity contribution is 7.17. The van der Waals surface area contributed by atoms with E-state index in [0.717, 1.165) is 57.0 Å². The third kappa shape index (κ3) is 5.40. The highest BCUT2D eigenvalue weighted by Gasteiger charge is 2.29. The zero-order valence-electron chi connectivity index (χ0n) is 19.5. The Bertz CT molecular complexity index is 1380. The zero-order valence-corrected chi connectivity index (χ0v) is 21.1. The Kier molecular flexibility index (Phi) is 7.54. The second kappa shape index (κ2) is 10.8. The van der Waals surface area contributed by atoms with Crippen LogP contribution >= 0.6 is 22.9 Å². The average Bonchev–Trinajstić information content (AvgIpc) is 3.06. The predicted octanol–water partition coefficient (Wildman–Crippen LogP) is 5.66. The van der Waals surface area contributed by atoms with Crippen LogP contribution in [0.25, 0.3) is 0 Å². The summed E-state index contributed by atoms with van der Waals surface area (Å²) >= 11 is 7.56. The van der Waals surface area contributed by atoms with Gasteiger partial charge in [0, 0.05) is 28.8 Å². The molecule has 0 fully saturated rings. The molecule has 0 amide bonds. The number of amidine groups is 2. The molecular weight excluding hydrogens is 478 g/mol. The number of rotatable bonds is 5. The Morgan fingerprint density at radius 3 is 2.66 bits per heavy atom. The number of hydrogen-bond donors (Lipinski definition) is 2. The lowest BCUT2D eigenvalue weighted by Gasteiger charge is -2.20. The Balaban J connectivity index is 1.74. The molecule has 1 aromatic carbocycles. The molecule has 0 unspecified atom stereocenters. The lowest BCUT2D eigenvalue weighted by atomic mass is 9.99. The van der Waals surface area contributed by atoms with Gasteiger partial charge in [-0.05, 0) is 67.9 Å². The van der Waals surface area contributed by atoms with Crippen molar-refractivity contribution < 1.29 is 4.79 Å². The summed E-state index contributed by atoms with van der Waals surface area (Å²) in [6.45, 7) is 3.85. The smallest absolute Gasteiger partial charge is 0.129 e. The van der Waals surface area contributed by atoms with Crippen molar-refractivity contribution in [2.45, 2.75) is 33.1 Å². The highest BCUT2D eigenvalue weighted by Crippen LogP contribution is 2.39. The van der Waals surface area contributed by atoms with E-state index in [-0.39, 0.29) is 18.2 Å². The first-order chi connectivity index (χ1) is 16.9. The zero-order chi connectivity index (χ0) is 24.9. The standard InChI is InChI=1S/C27H24ClN5OS/c1-17-23(13-12-22-11-6-19(15-31-22)5-3-4-14-34)35-27-25(17)26(20-7-9-21(28)10-8-20)32-16-24(30)33(27)18(2)29/h6-11,14-15,29-30H,3-5,16H2,1-2H3. The van der Waals surface area contributed by atoms with Gasteiger partial charge in [0.15, 0.2) is 0 Å². The van der Waals surface area contributed by atoms with E-state index in [1.165, 1.54) is 11.3 Å². The predicted molar refractivity (Wildman–Crippen MR) is 144 cm³/mol. The number of aldehydes is 1. The van der Waals surface area contributed by atoms with E-state index in [0.29, 0.717) is 17.1 Å². The minimum Gasteiger partial charge on any atom is -0.303 e. The molecule has 0 atom stereocenters. The summed E-state index contributed by atoms with van der Waals surface area (Å²) < 4.78 is 0. The third-order valence-electron chi connectivity index (χ3n) is 5.59. The van der Waals surface area contributed by atoms with E-state index in [1.807, 2.05) is 43.3 Å². The number of benzene rings is 1. The molecule has 3 heterocycles. The number of thiophene rings is 1. The molecule has 8 heteroatoms. The van der Waals surface area contributed by atoms with Gasteiger partial charge in [-0.25, -0.2) is 4.98 Å². The molecule has 2 aromatic heterocycles. The number of nitrogens with zero attached hydrogens (tertiary/aromatic N) is 3. The number of pyridine rings is 1. The number of fused-ring (bicyclic) bond motifs is 1. The molecule has 0 bridgehead atoms. The molecule has 3 aromatic rings. The van der Waals surface area contributed by atoms with Gasteiger partial charge >= 0.3 is 0 Å². The van der Waals surface area contributed by atoms with Crippen LogP contribution in [-0.2, 0) is 11.2 Å². The van der Waals surface area contributed by atoms with Crippen molar-refractivity contribution in [2.24, 2.45) is 4.99 Å². The summed E-state index contributed by atoms with van der Waals surface area (Å²) in [5, 5.41) is 18.2. The number of hydrogen-bond acceptors (Lipinski definition) is 6. The Morgan fingerprint density at radius 1 is 1.23 bits per heavy atom. The fraction of sp³-hybridized carbons (Fsp3) is 0.222. The molecule has 35 heavy (non-hydrogen) atoms. The largest absolute Gasteiger partial charge is 0.303 e. The first-order valence-electron chi connectivity index (χ1n) is 11.2.